The zero-order chi connectivity index (χ0) is 19.9. The maximum Gasteiger partial charge on any atom is 0.237 e. The van der Waals surface area contributed by atoms with Crippen molar-refractivity contribution in [3.8, 4) is 0 Å². The van der Waals surface area contributed by atoms with E-state index >= 15 is 0 Å². The first-order chi connectivity index (χ1) is 13.5. The van der Waals surface area contributed by atoms with Gasteiger partial charge in [-0.3, -0.25) is 14.5 Å². The molecule has 1 aliphatic rings. The summed E-state index contributed by atoms with van der Waals surface area (Å²) < 4.78 is 27.4. The van der Waals surface area contributed by atoms with Crippen molar-refractivity contribution in [2.75, 3.05) is 19.6 Å². The highest BCUT2D eigenvalue weighted by molar-refractivity contribution is 5.88. The van der Waals surface area contributed by atoms with Gasteiger partial charge in [0.05, 0.1) is 12.5 Å². The second-order valence-corrected chi connectivity index (χ2v) is 6.78. The van der Waals surface area contributed by atoms with Crippen molar-refractivity contribution in [2.24, 2.45) is 0 Å². The average Bonchev–Trinajstić information content (AvgIpc) is 2.69. The van der Waals surface area contributed by atoms with Gasteiger partial charge in [-0.2, -0.15) is 0 Å². The number of piperazine rings is 1. The molecule has 5 nitrogen and oxygen atoms in total. The van der Waals surface area contributed by atoms with Crippen LogP contribution in [0.2, 0.25) is 0 Å². The van der Waals surface area contributed by atoms with E-state index in [9.17, 15) is 18.4 Å². The van der Waals surface area contributed by atoms with Gasteiger partial charge in [0.15, 0.2) is 11.6 Å². The standard InChI is InChI=1S/C21H23F2N3O2/c22-17-8-4-7-16(20(17)23)14-26-12-11-25-21(28)18(26)13-19(27)24-10-9-15-5-2-1-3-6-15/h1-8,18H,9-14H2,(H,24,27)(H,25,28). The Kier molecular flexibility index (Phi) is 6.71. The third-order valence-corrected chi connectivity index (χ3v) is 4.80. The predicted molar refractivity (Wildman–Crippen MR) is 101 cm³/mol. The number of amides is 2. The second-order valence-electron chi connectivity index (χ2n) is 6.78. The van der Waals surface area contributed by atoms with Crippen molar-refractivity contribution < 1.29 is 18.4 Å². The largest absolute Gasteiger partial charge is 0.356 e. The van der Waals surface area contributed by atoms with Gasteiger partial charge in [-0.15, -0.1) is 0 Å². The lowest BCUT2D eigenvalue weighted by Gasteiger charge is -2.34. The summed E-state index contributed by atoms with van der Waals surface area (Å²) >= 11 is 0. The number of carbonyl (C=O) groups is 2. The Morgan fingerprint density at radius 3 is 2.71 bits per heavy atom. The minimum Gasteiger partial charge on any atom is -0.356 e. The molecule has 1 unspecified atom stereocenters. The van der Waals surface area contributed by atoms with E-state index in [1.165, 1.54) is 12.1 Å². The maximum absolute atomic E-state index is 14.0. The summed E-state index contributed by atoms with van der Waals surface area (Å²) in [6.45, 7) is 1.40. The summed E-state index contributed by atoms with van der Waals surface area (Å²) in [4.78, 5) is 26.3. The number of halogens is 2. The number of hydrogen-bond donors (Lipinski definition) is 2. The van der Waals surface area contributed by atoms with Crippen LogP contribution in [-0.2, 0) is 22.6 Å². The van der Waals surface area contributed by atoms with Crippen LogP contribution >= 0.6 is 0 Å². The number of rotatable bonds is 7. The molecule has 2 N–H and O–H groups in total. The highest BCUT2D eigenvalue weighted by atomic mass is 19.2. The molecule has 0 bridgehead atoms. The fraction of sp³-hybridized carbons (Fsp3) is 0.333. The minimum atomic E-state index is -0.922. The van der Waals surface area contributed by atoms with Gasteiger partial charge in [0.25, 0.3) is 0 Å². The van der Waals surface area contributed by atoms with Gasteiger partial charge in [0.1, 0.15) is 0 Å². The highest BCUT2D eigenvalue weighted by Gasteiger charge is 2.32. The van der Waals surface area contributed by atoms with Crippen molar-refractivity contribution >= 4 is 11.8 Å². The van der Waals surface area contributed by atoms with Crippen LogP contribution in [-0.4, -0.2) is 42.4 Å². The quantitative estimate of drug-likeness (QED) is 0.764. The van der Waals surface area contributed by atoms with Gasteiger partial charge < -0.3 is 10.6 Å². The van der Waals surface area contributed by atoms with Crippen LogP contribution in [0, 0.1) is 11.6 Å². The van der Waals surface area contributed by atoms with Crippen molar-refractivity contribution in [2.45, 2.75) is 25.4 Å². The van der Waals surface area contributed by atoms with E-state index in [1.807, 2.05) is 30.3 Å². The van der Waals surface area contributed by atoms with Crippen LogP contribution in [0.15, 0.2) is 48.5 Å². The van der Waals surface area contributed by atoms with E-state index < -0.39 is 17.7 Å². The molecule has 28 heavy (non-hydrogen) atoms. The fourth-order valence-corrected chi connectivity index (χ4v) is 3.30. The van der Waals surface area contributed by atoms with Gasteiger partial charge in [-0.1, -0.05) is 42.5 Å². The second kappa shape index (κ2) is 9.41. The topological polar surface area (TPSA) is 61.4 Å². The third-order valence-electron chi connectivity index (χ3n) is 4.80. The normalized spacial score (nSPS) is 17.2. The zero-order valence-corrected chi connectivity index (χ0v) is 15.5. The molecule has 0 aliphatic carbocycles. The molecule has 1 heterocycles. The number of benzene rings is 2. The zero-order valence-electron chi connectivity index (χ0n) is 15.5. The van der Waals surface area contributed by atoms with E-state index in [-0.39, 0.29) is 30.3 Å². The first-order valence-corrected chi connectivity index (χ1v) is 9.30. The predicted octanol–water partition coefficient (Wildman–Crippen LogP) is 2.01. The first-order valence-electron chi connectivity index (χ1n) is 9.30. The molecule has 0 aromatic heterocycles. The number of carbonyl (C=O) groups excluding carboxylic acids is 2. The minimum absolute atomic E-state index is 0.0302. The highest BCUT2D eigenvalue weighted by Crippen LogP contribution is 2.18. The Bertz CT molecular complexity index is 830. The molecular weight excluding hydrogens is 364 g/mol. The van der Waals surface area contributed by atoms with Gasteiger partial charge in [-0.25, -0.2) is 8.78 Å². The van der Waals surface area contributed by atoms with Gasteiger partial charge in [0.2, 0.25) is 11.8 Å². The van der Waals surface area contributed by atoms with Crippen molar-refractivity contribution in [3.05, 3.63) is 71.3 Å². The Morgan fingerprint density at radius 1 is 1.14 bits per heavy atom. The lowest BCUT2D eigenvalue weighted by Crippen LogP contribution is -2.56. The lowest BCUT2D eigenvalue weighted by atomic mass is 10.1. The fourth-order valence-electron chi connectivity index (χ4n) is 3.30. The Balaban J connectivity index is 1.58. The van der Waals surface area contributed by atoms with Gasteiger partial charge in [0, 0.05) is 31.7 Å². The molecule has 148 valence electrons. The molecular formula is C21H23F2N3O2. The van der Waals surface area contributed by atoms with E-state index in [0.717, 1.165) is 11.6 Å². The first kappa shape index (κ1) is 19.9. The van der Waals surface area contributed by atoms with Crippen molar-refractivity contribution in [1.82, 2.24) is 15.5 Å². The number of nitrogens with one attached hydrogen (secondary N) is 2. The monoisotopic (exact) mass is 387 g/mol. The Morgan fingerprint density at radius 2 is 1.93 bits per heavy atom. The Hall–Kier alpha value is -2.80. The summed E-state index contributed by atoms with van der Waals surface area (Å²) in [6, 6.07) is 13.0. The number of hydrogen-bond acceptors (Lipinski definition) is 3. The number of nitrogens with zero attached hydrogens (tertiary/aromatic N) is 1. The SMILES string of the molecule is O=C(CC1C(=O)NCCN1Cc1cccc(F)c1F)NCCc1ccccc1. The summed E-state index contributed by atoms with van der Waals surface area (Å²) in [5.41, 5.74) is 1.28. The summed E-state index contributed by atoms with van der Waals surface area (Å²) in [7, 11) is 0. The van der Waals surface area contributed by atoms with Crippen LogP contribution in [0.3, 0.4) is 0 Å². The molecule has 1 atom stereocenters. The molecule has 0 spiro atoms. The molecule has 1 saturated heterocycles. The summed E-state index contributed by atoms with van der Waals surface area (Å²) in [6.07, 6.45) is 0.666. The molecule has 2 amide bonds. The van der Waals surface area contributed by atoms with E-state index in [4.69, 9.17) is 0 Å². The van der Waals surface area contributed by atoms with Gasteiger partial charge in [-0.05, 0) is 18.1 Å². The van der Waals surface area contributed by atoms with Crippen LogP contribution in [0.25, 0.3) is 0 Å². The van der Waals surface area contributed by atoms with Crippen LogP contribution in [0.4, 0.5) is 8.78 Å². The van der Waals surface area contributed by atoms with Gasteiger partial charge >= 0.3 is 0 Å². The molecule has 2 aromatic rings. The van der Waals surface area contributed by atoms with Crippen LogP contribution in [0.1, 0.15) is 17.5 Å². The molecule has 2 aromatic carbocycles. The smallest absolute Gasteiger partial charge is 0.237 e. The Labute approximate surface area is 162 Å². The molecule has 0 saturated carbocycles. The van der Waals surface area contributed by atoms with E-state index in [0.29, 0.717) is 26.1 Å². The van der Waals surface area contributed by atoms with E-state index in [1.54, 1.807) is 4.90 Å². The molecule has 1 fully saturated rings. The summed E-state index contributed by atoms with van der Waals surface area (Å²) in [5, 5.41) is 5.56. The van der Waals surface area contributed by atoms with E-state index in [2.05, 4.69) is 10.6 Å². The third kappa shape index (κ3) is 5.13. The van der Waals surface area contributed by atoms with Crippen molar-refractivity contribution in [3.63, 3.8) is 0 Å². The maximum atomic E-state index is 14.0. The van der Waals surface area contributed by atoms with Crippen LogP contribution < -0.4 is 10.6 Å². The average molecular weight is 387 g/mol. The molecule has 3 rings (SSSR count). The molecule has 0 radical (unpaired) electrons. The van der Waals surface area contributed by atoms with Crippen molar-refractivity contribution in [1.29, 1.82) is 0 Å². The molecule has 7 heteroatoms. The molecule has 1 aliphatic heterocycles. The summed E-state index contributed by atoms with van der Waals surface area (Å²) in [5.74, 6) is -2.36. The van der Waals surface area contributed by atoms with Crippen LogP contribution in [0.5, 0.6) is 0 Å². The lowest BCUT2D eigenvalue weighted by molar-refractivity contribution is -0.134.